The van der Waals surface area contributed by atoms with Crippen LogP contribution in [0, 0.1) is 5.82 Å². The predicted molar refractivity (Wildman–Crippen MR) is 43.4 cm³/mol. The van der Waals surface area contributed by atoms with E-state index in [0.29, 0.717) is 10.3 Å². The van der Waals surface area contributed by atoms with Gasteiger partial charge in [-0.05, 0) is 0 Å². The Kier molecular flexibility index (Phi) is 3.63. The zero-order valence-electron chi connectivity index (χ0n) is 7.61. The van der Waals surface area contributed by atoms with Crippen LogP contribution in [0.3, 0.4) is 0 Å². The van der Waals surface area contributed by atoms with Crippen molar-refractivity contribution in [1.82, 2.24) is 0 Å². The number of hydrogen-bond donors (Lipinski definition) is 0. The molecule has 0 aliphatic rings. The molecule has 1 nitrogen and oxygen atoms in total. The summed E-state index contributed by atoms with van der Waals surface area (Å²) in [5, 5.41) is 0. The van der Waals surface area contributed by atoms with Crippen LogP contribution in [-0.2, 0) is 0 Å². The molecular weight excluding hydrogens is 214 g/mol. The van der Waals surface area contributed by atoms with Gasteiger partial charge in [-0.25, -0.2) is 0 Å². The number of rotatable bonds is 3. The molecule has 7 heteroatoms. The predicted octanol–water partition coefficient (Wildman–Crippen LogP) is 1.86. The number of hydrogen-bond acceptors (Lipinski definition) is 1. The molecule has 0 bridgehead atoms. The van der Waals surface area contributed by atoms with Crippen molar-refractivity contribution in [2.45, 2.75) is 12.5 Å². The van der Waals surface area contributed by atoms with Gasteiger partial charge in [-0.15, -0.1) is 0 Å². The molecule has 0 aromatic heterocycles. The molecule has 1 rings (SSSR count). The average molecular weight is 218 g/mol. The number of benzene rings is 1. The first-order valence-electron chi connectivity index (χ1n) is 3.93. The Bertz CT molecular complexity index is 335. The van der Waals surface area contributed by atoms with Gasteiger partial charge < -0.3 is 0 Å². The van der Waals surface area contributed by atoms with Crippen molar-refractivity contribution >= 4 is 22.0 Å². The molecule has 15 heavy (non-hydrogen) atoms. The number of halogens is 5. The molecule has 0 heterocycles. The van der Waals surface area contributed by atoms with Crippen LogP contribution in [0.1, 0.15) is 0 Å². The van der Waals surface area contributed by atoms with Gasteiger partial charge in [-0.1, -0.05) is 0 Å². The molecule has 0 unspecified atom stereocenters. The van der Waals surface area contributed by atoms with Crippen molar-refractivity contribution in [3.05, 3.63) is 24.0 Å². The summed E-state index contributed by atoms with van der Waals surface area (Å²) in [5.41, 5.74) is 0. The third kappa shape index (κ3) is 3.40. The molecule has 0 saturated carbocycles. The molecule has 0 N–H and O–H groups in total. The Balaban J connectivity index is 2.89. The van der Waals surface area contributed by atoms with Gasteiger partial charge in [0, 0.05) is 0 Å². The van der Waals surface area contributed by atoms with E-state index in [9.17, 15) is 22.0 Å². The first kappa shape index (κ1) is 12.3. The number of alkyl halides is 4. The van der Waals surface area contributed by atoms with Gasteiger partial charge in [0.15, 0.2) is 0 Å². The number of ether oxygens (including phenoxy) is 1. The van der Waals surface area contributed by atoms with Crippen molar-refractivity contribution in [3.63, 3.8) is 0 Å². The van der Waals surface area contributed by atoms with Crippen molar-refractivity contribution in [1.29, 1.82) is 0 Å². The molecule has 0 atom stereocenters. The Morgan fingerprint density at radius 2 is 1.80 bits per heavy atom. The van der Waals surface area contributed by atoms with E-state index in [0.717, 1.165) is 12.1 Å². The van der Waals surface area contributed by atoms with Gasteiger partial charge in [0.05, 0.1) is 0 Å². The topological polar surface area (TPSA) is 9.23 Å². The minimum atomic E-state index is -4.61. The fourth-order valence-corrected chi connectivity index (χ4v) is 0.963. The van der Waals surface area contributed by atoms with E-state index >= 15 is 0 Å². The van der Waals surface area contributed by atoms with E-state index in [-0.39, 0.29) is 0 Å². The van der Waals surface area contributed by atoms with Crippen molar-refractivity contribution in [2.75, 3.05) is 0 Å². The van der Waals surface area contributed by atoms with Crippen LogP contribution < -0.4 is 8.97 Å². The van der Waals surface area contributed by atoms with Crippen molar-refractivity contribution in [3.8, 4) is 5.75 Å². The molecule has 0 amide bonds. The van der Waals surface area contributed by atoms with E-state index in [4.69, 9.17) is 0 Å². The first-order chi connectivity index (χ1) is 6.81. The van der Waals surface area contributed by atoms with Crippen LogP contribution in [0.4, 0.5) is 22.0 Å². The van der Waals surface area contributed by atoms with Gasteiger partial charge in [-0.3, -0.25) is 0 Å². The fraction of sp³-hybridized carbons (Fsp3) is 0.250. The van der Waals surface area contributed by atoms with Crippen LogP contribution in [0.25, 0.3) is 0 Å². The van der Waals surface area contributed by atoms with Gasteiger partial charge in [0.25, 0.3) is 0 Å². The second-order valence-corrected chi connectivity index (χ2v) is 2.93. The van der Waals surface area contributed by atoms with Crippen LogP contribution in [0.2, 0.25) is 0 Å². The maximum absolute atomic E-state index is 12.7. The first-order valence-corrected chi connectivity index (χ1v) is 3.93. The van der Waals surface area contributed by atoms with Gasteiger partial charge >= 0.3 is 90.9 Å². The normalized spacial score (nSPS) is 12.0. The van der Waals surface area contributed by atoms with E-state index in [1.807, 2.05) is 0 Å². The summed E-state index contributed by atoms with van der Waals surface area (Å²) in [6, 6.07) is 2.72. The van der Waals surface area contributed by atoms with E-state index in [1.54, 1.807) is 0 Å². The Morgan fingerprint density at radius 1 is 1.20 bits per heavy atom. The SMILES string of the molecule is [Li][c]1cc(F)cc(OC(F)(F)C(F)F)c1. The molecule has 0 aliphatic carbocycles. The second kappa shape index (κ2) is 4.41. The van der Waals surface area contributed by atoms with E-state index in [2.05, 4.69) is 4.74 Å². The summed E-state index contributed by atoms with van der Waals surface area (Å²) in [6.07, 6.45) is -8.57. The van der Waals surface area contributed by atoms with Crippen LogP contribution >= 0.6 is 0 Å². The van der Waals surface area contributed by atoms with Crippen LogP contribution in [0.5, 0.6) is 5.75 Å². The quantitative estimate of drug-likeness (QED) is 0.555. The summed E-state index contributed by atoms with van der Waals surface area (Å²) in [7, 11) is 0. The minimum absolute atomic E-state index is 0.301. The Morgan fingerprint density at radius 3 is 2.27 bits per heavy atom. The van der Waals surface area contributed by atoms with E-state index in [1.165, 1.54) is 17.7 Å². The molecule has 0 aliphatic heterocycles. The molecule has 0 radical (unpaired) electrons. The van der Waals surface area contributed by atoms with Gasteiger partial charge in [0.2, 0.25) is 0 Å². The molecule has 0 spiro atoms. The molecule has 0 fully saturated rings. The molecule has 0 saturated heterocycles. The standard InChI is InChI=1S/C8H4F5O.Li/c9-5-2-1-3-6(4-5)14-8(12,13)7(10)11;/h2-4,7H;. The molecule has 1 aromatic rings. The second-order valence-electron chi connectivity index (χ2n) is 2.93. The van der Waals surface area contributed by atoms with Gasteiger partial charge in [-0.2, -0.15) is 0 Å². The summed E-state index contributed by atoms with van der Waals surface area (Å²) in [6.45, 7) is 0. The van der Waals surface area contributed by atoms with Gasteiger partial charge in [0.1, 0.15) is 0 Å². The zero-order chi connectivity index (χ0) is 11.6. The molecule has 1 aromatic carbocycles. The summed E-state index contributed by atoms with van der Waals surface area (Å²) >= 11 is 1.43. The monoisotopic (exact) mass is 218 g/mol. The van der Waals surface area contributed by atoms with Crippen LogP contribution in [0.15, 0.2) is 18.2 Å². The van der Waals surface area contributed by atoms with Crippen molar-refractivity contribution < 1.29 is 26.7 Å². The third-order valence-electron chi connectivity index (χ3n) is 1.52. The average Bonchev–Trinajstić information content (AvgIpc) is 1.99. The third-order valence-corrected chi connectivity index (χ3v) is 1.52. The van der Waals surface area contributed by atoms with Crippen molar-refractivity contribution in [2.24, 2.45) is 0 Å². The summed E-state index contributed by atoms with van der Waals surface area (Å²) < 4.78 is 65.0. The Hall–Kier alpha value is -0.733. The zero-order valence-corrected chi connectivity index (χ0v) is 7.61. The van der Waals surface area contributed by atoms with Crippen LogP contribution in [-0.4, -0.2) is 30.2 Å². The molecular formula is C8H4F5LiO. The summed E-state index contributed by atoms with van der Waals surface area (Å²) in [5.74, 6) is -1.45. The fourth-order valence-electron chi connectivity index (χ4n) is 0.963. The summed E-state index contributed by atoms with van der Waals surface area (Å²) in [4.78, 5) is 0. The molecule has 78 valence electrons. The Labute approximate surface area is 91.4 Å². The van der Waals surface area contributed by atoms with E-state index < -0.39 is 24.1 Å². The maximum atomic E-state index is 12.7.